The number of rotatable bonds is 5. The van der Waals surface area contributed by atoms with E-state index in [2.05, 4.69) is 4.90 Å². The lowest BCUT2D eigenvalue weighted by molar-refractivity contribution is 0.0620. The summed E-state index contributed by atoms with van der Waals surface area (Å²) in [6.07, 6.45) is 0. The van der Waals surface area contributed by atoms with Gasteiger partial charge in [0.1, 0.15) is 18.2 Å². The quantitative estimate of drug-likeness (QED) is 0.766. The third-order valence-corrected chi connectivity index (χ3v) is 4.86. The fourth-order valence-corrected chi connectivity index (χ4v) is 3.16. The number of carbonyl (C=O) groups excluding carboxylic acids is 1. The Morgan fingerprint density at radius 2 is 1.73 bits per heavy atom. The molecular weight excluding hydrogens is 378 g/mol. The standard InChI is InChI=1S/C19H19Cl2FN2O2/c20-15-3-6-17(21)18(13-15)26-12-11-23-7-9-24(10-8-23)19(25)14-1-4-16(22)5-2-14/h1-6,13H,7-12H2. The molecule has 138 valence electrons. The molecule has 1 saturated heterocycles. The van der Waals surface area contributed by atoms with E-state index in [1.165, 1.54) is 24.3 Å². The number of amides is 1. The highest BCUT2D eigenvalue weighted by molar-refractivity contribution is 6.34. The second-order valence-electron chi connectivity index (χ2n) is 6.06. The van der Waals surface area contributed by atoms with Crippen molar-refractivity contribution >= 4 is 29.1 Å². The Labute approximate surface area is 162 Å². The van der Waals surface area contributed by atoms with Crippen LogP contribution in [0.3, 0.4) is 0 Å². The van der Waals surface area contributed by atoms with Gasteiger partial charge in [-0.2, -0.15) is 0 Å². The molecule has 0 unspecified atom stereocenters. The van der Waals surface area contributed by atoms with Crippen LogP contribution < -0.4 is 4.74 Å². The van der Waals surface area contributed by atoms with Gasteiger partial charge in [-0.05, 0) is 36.4 Å². The van der Waals surface area contributed by atoms with Crippen LogP contribution in [0.2, 0.25) is 10.0 Å². The lowest BCUT2D eigenvalue weighted by Crippen LogP contribution is -2.49. The van der Waals surface area contributed by atoms with Gasteiger partial charge in [-0.25, -0.2) is 4.39 Å². The summed E-state index contributed by atoms with van der Waals surface area (Å²) < 4.78 is 18.7. The maximum atomic E-state index is 13.0. The van der Waals surface area contributed by atoms with E-state index in [0.717, 1.165) is 19.6 Å². The van der Waals surface area contributed by atoms with Gasteiger partial charge in [0, 0.05) is 49.4 Å². The molecule has 4 nitrogen and oxygen atoms in total. The van der Waals surface area contributed by atoms with Crippen LogP contribution >= 0.6 is 23.2 Å². The van der Waals surface area contributed by atoms with Crippen molar-refractivity contribution in [1.82, 2.24) is 9.80 Å². The largest absolute Gasteiger partial charge is 0.491 e. The number of hydrogen-bond acceptors (Lipinski definition) is 3. The molecule has 0 spiro atoms. The fourth-order valence-electron chi connectivity index (χ4n) is 2.82. The molecule has 0 atom stereocenters. The number of benzene rings is 2. The third kappa shape index (κ3) is 4.87. The smallest absolute Gasteiger partial charge is 0.253 e. The monoisotopic (exact) mass is 396 g/mol. The van der Waals surface area contributed by atoms with E-state index in [0.29, 0.717) is 41.1 Å². The summed E-state index contributed by atoms with van der Waals surface area (Å²) in [7, 11) is 0. The first kappa shape index (κ1) is 19.0. The minimum Gasteiger partial charge on any atom is -0.491 e. The van der Waals surface area contributed by atoms with Crippen LogP contribution in [0.25, 0.3) is 0 Å². The Hall–Kier alpha value is -1.82. The number of ether oxygens (including phenoxy) is 1. The molecule has 0 bridgehead atoms. The van der Waals surface area contributed by atoms with Crippen LogP contribution in [0, 0.1) is 5.82 Å². The van der Waals surface area contributed by atoms with Gasteiger partial charge in [0.25, 0.3) is 5.91 Å². The van der Waals surface area contributed by atoms with E-state index in [9.17, 15) is 9.18 Å². The fraction of sp³-hybridized carbons (Fsp3) is 0.316. The Morgan fingerprint density at radius 3 is 2.42 bits per heavy atom. The minimum absolute atomic E-state index is 0.0633. The van der Waals surface area contributed by atoms with Gasteiger partial charge < -0.3 is 9.64 Å². The number of nitrogens with zero attached hydrogens (tertiary/aromatic N) is 2. The van der Waals surface area contributed by atoms with Crippen molar-refractivity contribution in [2.24, 2.45) is 0 Å². The van der Waals surface area contributed by atoms with Crippen molar-refractivity contribution in [2.45, 2.75) is 0 Å². The second-order valence-corrected chi connectivity index (χ2v) is 6.91. The van der Waals surface area contributed by atoms with Crippen molar-refractivity contribution < 1.29 is 13.9 Å². The van der Waals surface area contributed by atoms with E-state index in [-0.39, 0.29) is 11.7 Å². The number of halogens is 3. The first-order valence-electron chi connectivity index (χ1n) is 8.38. The summed E-state index contributed by atoms with van der Waals surface area (Å²) in [5, 5.41) is 1.11. The molecule has 1 amide bonds. The van der Waals surface area contributed by atoms with Gasteiger partial charge in [-0.1, -0.05) is 23.2 Å². The van der Waals surface area contributed by atoms with Crippen LogP contribution in [-0.2, 0) is 0 Å². The van der Waals surface area contributed by atoms with Crippen molar-refractivity contribution in [3.63, 3.8) is 0 Å². The SMILES string of the molecule is O=C(c1ccc(F)cc1)N1CCN(CCOc2cc(Cl)ccc2Cl)CC1. The van der Waals surface area contributed by atoms with Gasteiger partial charge in [-0.3, -0.25) is 9.69 Å². The van der Waals surface area contributed by atoms with Crippen molar-refractivity contribution in [1.29, 1.82) is 0 Å². The normalized spacial score (nSPS) is 15.1. The van der Waals surface area contributed by atoms with Crippen molar-refractivity contribution in [2.75, 3.05) is 39.3 Å². The minimum atomic E-state index is -0.342. The molecule has 1 fully saturated rings. The molecule has 0 aromatic heterocycles. The first-order chi connectivity index (χ1) is 12.5. The lowest BCUT2D eigenvalue weighted by atomic mass is 10.2. The van der Waals surface area contributed by atoms with Crippen LogP contribution in [0.5, 0.6) is 5.75 Å². The summed E-state index contributed by atoms with van der Waals surface area (Å²) in [5.41, 5.74) is 0.513. The molecule has 3 rings (SSSR count). The number of carbonyl (C=O) groups is 1. The Morgan fingerprint density at radius 1 is 1.04 bits per heavy atom. The molecule has 0 radical (unpaired) electrons. The molecule has 1 heterocycles. The van der Waals surface area contributed by atoms with Gasteiger partial charge in [0.2, 0.25) is 0 Å². The van der Waals surface area contributed by atoms with Crippen LogP contribution in [0.15, 0.2) is 42.5 Å². The summed E-state index contributed by atoms with van der Waals surface area (Å²) in [4.78, 5) is 16.4. The van der Waals surface area contributed by atoms with E-state index in [4.69, 9.17) is 27.9 Å². The van der Waals surface area contributed by atoms with Crippen molar-refractivity contribution in [3.8, 4) is 5.75 Å². The van der Waals surface area contributed by atoms with Gasteiger partial charge >= 0.3 is 0 Å². The first-order valence-corrected chi connectivity index (χ1v) is 9.13. The molecule has 2 aromatic rings. The molecule has 2 aromatic carbocycles. The van der Waals surface area contributed by atoms with Crippen molar-refractivity contribution in [3.05, 3.63) is 63.9 Å². The summed E-state index contributed by atoms with van der Waals surface area (Å²) in [5.74, 6) is 0.169. The zero-order chi connectivity index (χ0) is 18.5. The molecule has 1 aliphatic heterocycles. The van der Waals surface area contributed by atoms with Crippen LogP contribution in [0.4, 0.5) is 4.39 Å². The molecule has 26 heavy (non-hydrogen) atoms. The van der Waals surface area contributed by atoms with E-state index >= 15 is 0 Å². The van der Waals surface area contributed by atoms with E-state index in [1.807, 2.05) is 0 Å². The average molecular weight is 397 g/mol. The number of hydrogen-bond donors (Lipinski definition) is 0. The summed E-state index contributed by atoms with van der Waals surface area (Å²) >= 11 is 12.0. The molecule has 7 heteroatoms. The summed E-state index contributed by atoms with van der Waals surface area (Å²) in [6, 6.07) is 10.8. The van der Waals surface area contributed by atoms with Gasteiger partial charge in [0.15, 0.2) is 0 Å². The zero-order valence-electron chi connectivity index (χ0n) is 14.1. The maximum Gasteiger partial charge on any atom is 0.253 e. The highest BCUT2D eigenvalue weighted by Gasteiger charge is 2.22. The highest BCUT2D eigenvalue weighted by atomic mass is 35.5. The Balaban J connectivity index is 1.44. The Kier molecular flexibility index (Phi) is 6.35. The highest BCUT2D eigenvalue weighted by Crippen LogP contribution is 2.27. The van der Waals surface area contributed by atoms with E-state index in [1.54, 1.807) is 23.1 Å². The summed E-state index contributed by atoms with van der Waals surface area (Å²) in [6.45, 7) is 4.02. The van der Waals surface area contributed by atoms with E-state index < -0.39 is 0 Å². The van der Waals surface area contributed by atoms with Gasteiger partial charge in [-0.15, -0.1) is 0 Å². The van der Waals surface area contributed by atoms with Gasteiger partial charge in [0.05, 0.1) is 5.02 Å². The van der Waals surface area contributed by atoms with Crippen LogP contribution in [0.1, 0.15) is 10.4 Å². The third-order valence-electron chi connectivity index (χ3n) is 4.31. The lowest BCUT2D eigenvalue weighted by Gasteiger charge is -2.34. The Bertz CT molecular complexity index is 763. The predicted molar refractivity (Wildman–Crippen MR) is 101 cm³/mol. The zero-order valence-corrected chi connectivity index (χ0v) is 15.6. The molecule has 0 N–H and O–H groups in total. The molecular formula is C19H19Cl2FN2O2. The second kappa shape index (κ2) is 8.71. The molecule has 0 aliphatic carbocycles. The predicted octanol–water partition coefficient (Wildman–Crippen LogP) is 3.97. The number of piperazine rings is 1. The topological polar surface area (TPSA) is 32.8 Å². The van der Waals surface area contributed by atoms with Crippen LogP contribution in [-0.4, -0.2) is 55.0 Å². The molecule has 1 aliphatic rings. The molecule has 0 saturated carbocycles. The maximum absolute atomic E-state index is 13.0. The average Bonchev–Trinajstić information content (AvgIpc) is 2.65.